The van der Waals surface area contributed by atoms with E-state index in [2.05, 4.69) is 41.1 Å². The van der Waals surface area contributed by atoms with E-state index in [0.29, 0.717) is 30.9 Å². The summed E-state index contributed by atoms with van der Waals surface area (Å²) in [6.07, 6.45) is 9.27. The van der Waals surface area contributed by atoms with E-state index in [1.54, 1.807) is 0 Å². The van der Waals surface area contributed by atoms with Crippen molar-refractivity contribution in [3.05, 3.63) is 30.4 Å². The Bertz CT molecular complexity index is 1160. The number of rotatable bonds is 10. The number of guanidine groups is 1. The molecule has 5 rings (SSSR count). The van der Waals surface area contributed by atoms with Crippen molar-refractivity contribution >= 4 is 34.6 Å². The van der Waals surface area contributed by atoms with Crippen molar-refractivity contribution in [2.24, 2.45) is 16.5 Å². The van der Waals surface area contributed by atoms with Crippen LogP contribution in [0.25, 0.3) is 11.2 Å². The first-order valence-corrected chi connectivity index (χ1v) is 12.7. The van der Waals surface area contributed by atoms with Gasteiger partial charge in [0.25, 0.3) is 0 Å². The summed E-state index contributed by atoms with van der Waals surface area (Å²) >= 11 is 0. The van der Waals surface area contributed by atoms with Gasteiger partial charge in [-0.1, -0.05) is 12.8 Å². The number of morpholine rings is 1. The predicted octanol–water partition coefficient (Wildman–Crippen LogP) is 1.99. The van der Waals surface area contributed by atoms with Crippen molar-refractivity contribution < 1.29 is 4.74 Å². The molecule has 0 bridgehead atoms. The third-order valence-electron chi connectivity index (χ3n) is 6.63. The minimum Gasteiger partial charge on any atom is -0.379 e. The van der Waals surface area contributed by atoms with Gasteiger partial charge in [-0.25, -0.2) is 4.98 Å². The molecule has 2 fully saturated rings. The molecule has 4 heterocycles. The van der Waals surface area contributed by atoms with Crippen LogP contribution >= 0.6 is 0 Å². The van der Waals surface area contributed by atoms with E-state index in [-0.39, 0.29) is 5.96 Å². The Labute approximate surface area is 210 Å². The van der Waals surface area contributed by atoms with Crippen LogP contribution in [0.1, 0.15) is 43.8 Å². The van der Waals surface area contributed by atoms with Crippen LogP contribution in [0.2, 0.25) is 0 Å². The number of ether oxygens (including phenoxy) is 1. The number of nitrogens with one attached hydrogen (secondary N) is 2. The maximum atomic E-state index is 5.44. The molecule has 6 N–H and O–H groups in total. The molecule has 1 saturated carbocycles. The number of hydrogen-bond donors (Lipinski definition) is 4. The van der Waals surface area contributed by atoms with Gasteiger partial charge in [0.1, 0.15) is 0 Å². The molecule has 0 atom stereocenters. The largest absolute Gasteiger partial charge is 0.379 e. The van der Waals surface area contributed by atoms with Gasteiger partial charge in [-0.15, -0.1) is 0 Å². The number of anilines is 3. The molecule has 0 spiro atoms. The molecule has 3 aromatic heterocycles. The zero-order valence-corrected chi connectivity index (χ0v) is 20.6. The number of pyridine rings is 1. The van der Waals surface area contributed by atoms with Crippen molar-refractivity contribution in [3.8, 4) is 0 Å². The standard InChI is InChI=1S/C24H35N11O/c25-23(26)27-8-3-9-28-24-32-21(20-22(33-24)35(16-30-20)19-4-1-2-5-19)31-17-6-7-18(29-14-17)15-34-10-12-36-13-11-34/h6-7,14,16,19H,1-5,8-13,15H2,(H4,25,26,27)(H2,28,31,32,33). The van der Waals surface area contributed by atoms with E-state index < -0.39 is 0 Å². The highest BCUT2D eigenvalue weighted by Crippen LogP contribution is 2.33. The van der Waals surface area contributed by atoms with Crippen LogP contribution in [0.5, 0.6) is 0 Å². The fraction of sp³-hybridized carbons (Fsp3) is 0.542. The van der Waals surface area contributed by atoms with Crippen molar-refractivity contribution in [2.45, 2.75) is 44.7 Å². The summed E-state index contributed by atoms with van der Waals surface area (Å²) in [4.78, 5) is 25.3. The number of hydrogen-bond acceptors (Lipinski definition) is 9. The normalized spacial score (nSPS) is 16.9. The van der Waals surface area contributed by atoms with E-state index in [0.717, 1.165) is 74.7 Å². The first-order valence-electron chi connectivity index (χ1n) is 12.7. The summed E-state index contributed by atoms with van der Waals surface area (Å²) in [6.45, 7) is 5.45. The van der Waals surface area contributed by atoms with E-state index in [9.17, 15) is 0 Å². The molecule has 1 saturated heterocycles. The number of fused-ring (bicyclic) bond motifs is 1. The van der Waals surface area contributed by atoms with Gasteiger partial charge in [0.2, 0.25) is 5.95 Å². The van der Waals surface area contributed by atoms with Crippen LogP contribution in [0.4, 0.5) is 17.5 Å². The molecule has 1 aliphatic carbocycles. The van der Waals surface area contributed by atoms with Crippen molar-refractivity contribution in [3.63, 3.8) is 0 Å². The summed E-state index contributed by atoms with van der Waals surface area (Å²) < 4.78 is 7.63. The van der Waals surface area contributed by atoms with Gasteiger partial charge < -0.3 is 31.4 Å². The number of aliphatic imine (C=N–C) groups is 1. The maximum Gasteiger partial charge on any atom is 0.226 e. The van der Waals surface area contributed by atoms with Crippen molar-refractivity contribution in [1.82, 2.24) is 29.4 Å². The maximum absolute atomic E-state index is 5.44. The van der Waals surface area contributed by atoms with Crippen LogP contribution in [-0.4, -0.2) is 74.8 Å². The van der Waals surface area contributed by atoms with Gasteiger partial charge in [0.15, 0.2) is 22.9 Å². The Kier molecular flexibility index (Phi) is 7.72. The molecule has 12 heteroatoms. The second kappa shape index (κ2) is 11.5. The fourth-order valence-corrected chi connectivity index (χ4v) is 4.74. The number of nitrogens with two attached hydrogens (primary N) is 2. The average Bonchev–Trinajstić information content (AvgIpc) is 3.56. The highest BCUT2D eigenvalue weighted by molar-refractivity contribution is 5.86. The van der Waals surface area contributed by atoms with Crippen LogP contribution in [0, 0.1) is 0 Å². The lowest BCUT2D eigenvalue weighted by molar-refractivity contribution is 0.0336. The Hall–Kier alpha value is -3.51. The zero-order chi connectivity index (χ0) is 24.7. The summed E-state index contributed by atoms with van der Waals surface area (Å²) in [5, 5.41) is 6.73. The molecule has 2 aliphatic rings. The Morgan fingerprint density at radius 1 is 1.11 bits per heavy atom. The second-order valence-corrected chi connectivity index (χ2v) is 9.30. The molecule has 0 aromatic carbocycles. The number of nitrogens with zero attached hydrogens (tertiary/aromatic N) is 7. The quantitative estimate of drug-likeness (QED) is 0.187. The third kappa shape index (κ3) is 6.00. The van der Waals surface area contributed by atoms with Gasteiger partial charge in [0, 0.05) is 38.8 Å². The lowest BCUT2D eigenvalue weighted by Gasteiger charge is -2.26. The highest BCUT2D eigenvalue weighted by Gasteiger charge is 2.22. The molecule has 12 nitrogen and oxygen atoms in total. The second-order valence-electron chi connectivity index (χ2n) is 9.30. The molecule has 3 aromatic rings. The van der Waals surface area contributed by atoms with Gasteiger partial charge in [-0.2, -0.15) is 9.97 Å². The predicted molar refractivity (Wildman–Crippen MR) is 140 cm³/mol. The summed E-state index contributed by atoms with van der Waals surface area (Å²) in [5.41, 5.74) is 14.3. The minimum absolute atomic E-state index is 0.101. The van der Waals surface area contributed by atoms with E-state index >= 15 is 0 Å². The van der Waals surface area contributed by atoms with Gasteiger partial charge >= 0.3 is 0 Å². The first kappa shape index (κ1) is 24.2. The van der Waals surface area contributed by atoms with Crippen LogP contribution < -0.4 is 22.1 Å². The summed E-state index contributed by atoms with van der Waals surface area (Å²) in [5.74, 6) is 1.31. The van der Waals surface area contributed by atoms with Crippen molar-refractivity contribution in [2.75, 3.05) is 50.0 Å². The van der Waals surface area contributed by atoms with Crippen molar-refractivity contribution in [1.29, 1.82) is 0 Å². The molecule has 1 aliphatic heterocycles. The SMILES string of the molecule is NC(N)=NCCCNc1nc(Nc2ccc(CN3CCOCC3)nc2)c2ncn(C3CCCC3)c2n1. The first-order chi connectivity index (χ1) is 17.7. The smallest absolute Gasteiger partial charge is 0.226 e. The van der Waals surface area contributed by atoms with Gasteiger partial charge in [0.05, 0.1) is 37.1 Å². The van der Waals surface area contributed by atoms with Gasteiger partial charge in [-0.05, 0) is 31.4 Å². The average molecular weight is 494 g/mol. The molecular weight excluding hydrogens is 458 g/mol. The molecule has 36 heavy (non-hydrogen) atoms. The van der Waals surface area contributed by atoms with Crippen LogP contribution in [-0.2, 0) is 11.3 Å². The Morgan fingerprint density at radius 2 is 1.94 bits per heavy atom. The fourth-order valence-electron chi connectivity index (χ4n) is 4.74. The third-order valence-corrected chi connectivity index (χ3v) is 6.63. The lowest BCUT2D eigenvalue weighted by atomic mass is 10.2. The zero-order valence-electron chi connectivity index (χ0n) is 20.6. The molecule has 0 amide bonds. The number of aromatic nitrogens is 5. The van der Waals surface area contributed by atoms with Crippen LogP contribution in [0.3, 0.4) is 0 Å². The van der Waals surface area contributed by atoms with E-state index in [4.69, 9.17) is 26.2 Å². The molecule has 192 valence electrons. The molecular formula is C24H35N11O. The molecule has 0 radical (unpaired) electrons. The highest BCUT2D eigenvalue weighted by atomic mass is 16.5. The van der Waals surface area contributed by atoms with Gasteiger partial charge in [-0.3, -0.25) is 14.9 Å². The summed E-state index contributed by atoms with van der Waals surface area (Å²) in [7, 11) is 0. The monoisotopic (exact) mass is 493 g/mol. The lowest BCUT2D eigenvalue weighted by Crippen LogP contribution is -2.35. The molecule has 0 unspecified atom stereocenters. The minimum atomic E-state index is 0.101. The Morgan fingerprint density at radius 3 is 2.69 bits per heavy atom. The van der Waals surface area contributed by atoms with Crippen LogP contribution in [0.15, 0.2) is 29.6 Å². The summed E-state index contributed by atoms with van der Waals surface area (Å²) in [6, 6.07) is 4.51. The van der Waals surface area contributed by atoms with E-state index in [1.807, 2.05) is 18.6 Å². The Balaban J connectivity index is 1.34. The van der Waals surface area contributed by atoms with E-state index in [1.165, 1.54) is 12.8 Å². The topological polar surface area (TPSA) is 157 Å². The number of imidazole rings is 1.